The Bertz CT molecular complexity index is 729. The first-order valence-electron chi connectivity index (χ1n) is 6.34. The number of thiophene rings is 1. The summed E-state index contributed by atoms with van der Waals surface area (Å²) in [5.74, 6) is -1.04. The summed E-state index contributed by atoms with van der Waals surface area (Å²) in [6.45, 7) is -0.524. The Hall–Kier alpha value is -2.94. The number of carbonyl (C=O) groups is 2. The molecule has 2 rings (SSSR count). The predicted octanol–water partition coefficient (Wildman–Crippen LogP) is 2.00. The minimum absolute atomic E-state index is 0.0884. The molecule has 2 amide bonds. The van der Waals surface area contributed by atoms with Gasteiger partial charge in [-0.3, -0.25) is 25.0 Å². The van der Waals surface area contributed by atoms with E-state index in [1.807, 2.05) is 0 Å². The highest BCUT2D eigenvalue weighted by Gasteiger charge is 2.18. The molecule has 23 heavy (non-hydrogen) atoms. The van der Waals surface area contributed by atoms with Gasteiger partial charge >= 0.3 is 5.69 Å². The zero-order valence-corrected chi connectivity index (χ0v) is 12.8. The second-order valence-electron chi connectivity index (χ2n) is 4.23. The first kappa shape index (κ1) is 16.4. The van der Waals surface area contributed by atoms with Crippen LogP contribution in [0, 0.1) is 10.1 Å². The van der Waals surface area contributed by atoms with Gasteiger partial charge in [0.1, 0.15) is 5.75 Å². The second kappa shape index (κ2) is 7.36. The molecule has 1 N–H and O–H groups in total. The molecule has 2 aromatic rings. The van der Waals surface area contributed by atoms with Crippen molar-refractivity contribution in [1.82, 2.24) is 5.32 Å². The molecule has 0 radical (unpaired) electrons. The van der Waals surface area contributed by atoms with E-state index in [1.54, 1.807) is 17.5 Å². The van der Waals surface area contributed by atoms with Gasteiger partial charge in [0.15, 0.2) is 12.4 Å². The van der Waals surface area contributed by atoms with Gasteiger partial charge in [-0.2, -0.15) is 0 Å². The van der Waals surface area contributed by atoms with Crippen molar-refractivity contribution in [3.63, 3.8) is 0 Å². The largest absolute Gasteiger partial charge is 0.496 e. The minimum Gasteiger partial charge on any atom is -0.496 e. The van der Waals surface area contributed by atoms with Gasteiger partial charge < -0.3 is 9.47 Å². The van der Waals surface area contributed by atoms with Crippen molar-refractivity contribution in [1.29, 1.82) is 0 Å². The summed E-state index contributed by atoms with van der Waals surface area (Å²) in [5, 5.41) is 14.8. The van der Waals surface area contributed by atoms with Crippen LogP contribution in [0.3, 0.4) is 0 Å². The Morgan fingerprint density at radius 3 is 2.74 bits per heavy atom. The van der Waals surface area contributed by atoms with Gasteiger partial charge in [0.05, 0.1) is 23.0 Å². The molecule has 0 saturated carbocycles. The molecule has 1 heterocycles. The van der Waals surface area contributed by atoms with Crippen LogP contribution in [0.15, 0.2) is 35.7 Å². The summed E-state index contributed by atoms with van der Waals surface area (Å²) in [7, 11) is 1.38. The van der Waals surface area contributed by atoms with Gasteiger partial charge in [-0.1, -0.05) is 6.07 Å². The SMILES string of the molecule is COc1ccc(OCC(=O)NC(=O)c2cccs2)c([N+](=O)[O-])c1. The number of ether oxygens (including phenoxy) is 2. The Kier molecular flexibility index (Phi) is 5.26. The van der Waals surface area contributed by atoms with E-state index in [-0.39, 0.29) is 11.4 Å². The lowest BCUT2D eigenvalue weighted by Gasteiger charge is -2.08. The average Bonchev–Trinajstić information content (AvgIpc) is 3.07. The Labute approximate surface area is 134 Å². The van der Waals surface area contributed by atoms with Crippen LogP contribution in [0.5, 0.6) is 11.5 Å². The first-order valence-corrected chi connectivity index (χ1v) is 7.22. The number of rotatable bonds is 6. The van der Waals surface area contributed by atoms with Crippen molar-refractivity contribution >= 4 is 28.8 Å². The third-order valence-corrected chi connectivity index (χ3v) is 3.59. The van der Waals surface area contributed by atoms with Crippen molar-refractivity contribution in [2.24, 2.45) is 0 Å². The molecule has 0 atom stereocenters. The van der Waals surface area contributed by atoms with Gasteiger partial charge in [0.25, 0.3) is 11.8 Å². The van der Waals surface area contributed by atoms with Crippen LogP contribution in [0.4, 0.5) is 5.69 Å². The van der Waals surface area contributed by atoms with Crippen molar-refractivity contribution in [2.75, 3.05) is 13.7 Å². The number of carbonyl (C=O) groups excluding carboxylic acids is 2. The van der Waals surface area contributed by atoms with Gasteiger partial charge in [-0.05, 0) is 23.6 Å². The fraction of sp³-hybridized carbons (Fsp3) is 0.143. The predicted molar refractivity (Wildman–Crippen MR) is 81.9 cm³/mol. The van der Waals surface area contributed by atoms with Gasteiger partial charge in [-0.25, -0.2) is 0 Å². The molecular formula is C14H12N2O6S. The molecule has 1 aromatic carbocycles. The van der Waals surface area contributed by atoms with E-state index in [2.05, 4.69) is 5.32 Å². The molecule has 0 unspecified atom stereocenters. The molecule has 9 heteroatoms. The summed E-state index contributed by atoms with van der Waals surface area (Å²) >= 11 is 1.19. The van der Waals surface area contributed by atoms with E-state index >= 15 is 0 Å². The number of nitro groups is 1. The topological polar surface area (TPSA) is 108 Å². The molecule has 120 valence electrons. The van der Waals surface area contributed by atoms with Crippen LogP contribution in [0.2, 0.25) is 0 Å². The van der Waals surface area contributed by atoms with E-state index in [4.69, 9.17) is 9.47 Å². The molecule has 0 fully saturated rings. The fourth-order valence-corrected chi connectivity index (χ4v) is 2.28. The van der Waals surface area contributed by atoms with E-state index in [1.165, 1.54) is 36.6 Å². The number of hydrogen-bond donors (Lipinski definition) is 1. The van der Waals surface area contributed by atoms with Gasteiger partial charge in [-0.15, -0.1) is 11.3 Å². The van der Waals surface area contributed by atoms with Crippen molar-refractivity contribution in [2.45, 2.75) is 0 Å². The fourth-order valence-electron chi connectivity index (χ4n) is 1.66. The Morgan fingerprint density at radius 2 is 2.13 bits per heavy atom. The third kappa shape index (κ3) is 4.27. The maximum absolute atomic E-state index is 11.7. The van der Waals surface area contributed by atoms with Crippen molar-refractivity contribution in [3.05, 3.63) is 50.7 Å². The first-order chi connectivity index (χ1) is 11.0. The van der Waals surface area contributed by atoms with Crippen LogP contribution in [0.1, 0.15) is 9.67 Å². The lowest BCUT2D eigenvalue weighted by Crippen LogP contribution is -2.33. The second-order valence-corrected chi connectivity index (χ2v) is 5.18. The summed E-state index contributed by atoms with van der Waals surface area (Å²) in [5.41, 5.74) is -0.332. The zero-order chi connectivity index (χ0) is 16.8. The number of amides is 2. The molecule has 0 aliphatic heterocycles. The molecular weight excluding hydrogens is 324 g/mol. The highest BCUT2D eigenvalue weighted by molar-refractivity contribution is 7.12. The smallest absolute Gasteiger partial charge is 0.314 e. The van der Waals surface area contributed by atoms with Crippen molar-refractivity contribution < 1.29 is 24.0 Å². The van der Waals surface area contributed by atoms with Crippen LogP contribution < -0.4 is 14.8 Å². The minimum atomic E-state index is -0.700. The molecule has 0 aliphatic carbocycles. The summed E-state index contributed by atoms with van der Waals surface area (Å²) in [6, 6.07) is 7.23. The van der Waals surface area contributed by atoms with E-state index < -0.39 is 23.3 Å². The molecule has 0 aliphatic rings. The quantitative estimate of drug-likeness (QED) is 0.638. The normalized spacial score (nSPS) is 9.96. The molecule has 0 bridgehead atoms. The van der Waals surface area contributed by atoms with Crippen LogP contribution in [-0.2, 0) is 4.79 Å². The lowest BCUT2D eigenvalue weighted by atomic mass is 10.3. The maximum Gasteiger partial charge on any atom is 0.314 e. The molecule has 0 saturated heterocycles. The Balaban J connectivity index is 1.99. The van der Waals surface area contributed by atoms with Crippen molar-refractivity contribution in [3.8, 4) is 11.5 Å². The van der Waals surface area contributed by atoms with Gasteiger partial charge in [0, 0.05) is 0 Å². The summed E-state index contributed by atoms with van der Waals surface area (Å²) in [6.07, 6.45) is 0. The molecule has 8 nitrogen and oxygen atoms in total. The summed E-state index contributed by atoms with van der Waals surface area (Å²) < 4.78 is 10.0. The lowest BCUT2D eigenvalue weighted by molar-refractivity contribution is -0.385. The van der Waals surface area contributed by atoms with Crippen LogP contribution >= 0.6 is 11.3 Å². The number of methoxy groups -OCH3 is 1. The zero-order valence-electron chi connectivity index (χ0n) is 12.0. The molecule has 1 aromatic heterocycles. The van der Waals surface area contributed by atoms with Crippen LogP contribution in [0.25, 0.3) is 0 Å². The third-order valence-electron chi connectivity index (χ3n) is 2.72. The standard InChI is InChI=1S/C14H12N2O6S/c1-21-9-4-5-11(10(7-9)16(19)20)22-8-13(17)15-14(18)12-3-2-6-23-12/h2-7H,8H2,1H3,(H,15,17,18). The number of nitrogens with zero attached hydrogens (tertiary/aromatic N) is 1. The summed E-state index contributed by atoms with van der Waals surface area (Å²) in [4.78, 5) is 34.1. The van der Waals surface area contributed by atoms with E-state index in [9.17, 15) is 19.7 Å². The monoisotopic (exact) mass is 336 g/mol. The molecule has 0 spiro atoms. The Morgan fingerprint density at radius 1 is 1.35 bits per heavy atom. The highest BCUT2D eigenvalue weighted by atomic mass is 32.1. The average molecular weight is 336 g/mol. The van der Waals surface area contributed by atoms with E-state index in [0.717, 1.165) is 0 Å². The number of imide groups is 1. The highest BCUT2D eigenvalue weighted by Crippen LogP contribution is 2.30. The number of nitro benzene ring substituents is 1. The maximum atomic E-state index is 11.7. The number of benzene rings is 1. The van der Waals surface area contributed by atoms with Crippen LogP contribution in [-0.4, -0.2) is 30.5 Å². The number of hydrogen-bond acceptors (Lipinski definition) is 7. The van der Waals surface area contributed by atoms with E-state index in [0.29, 0.717) is 10.6 Å². The van der Waals surface area contributed by atoms with Gasteiger partial charge in [0.2, 0.25) is 0 Å². The number of nitrogens with one attached hydrogen (secondary N) is 1.